The topological polar surface area (TPSA) is 89.9 Å². The van der Waals surface area contributed by atoms with Crippen molar-refractivity contribution >= 4 is 21.9 Å². The molecule has 6 nitrogen and oxygen atoms in total. The summed E-state index contributed by atoms with van der Waals surface area (Å²) < 4.78 is 16.0. The number of phenolic OH excluding ortho intramolecular Hbond substituents is 1. The van der Waals surface area contributed by atoms with E-state index >= 15 is 0 Å². The van der Waals surface area contributed by atoms with Crippen LogP contribution in [0, 0.1) is 0 Å². The van der Waals surface area contributed by atoms with Crippen LogP contribution in [0.3, 0.4) is 0 Å². The molecule has 0 aliphatic rings. The van der Waals surface area contributed by atoms with E-state index in [9.17, 15) is 14.7 Å². The van der Waals surface area contributed by atoms with Crippen LogP contribution in [0.15, 0.2) is 67.0 Å². The number of hydrogen-bond acceptors (Lipinski definition) is 6. The molecule has 0 bridgehead atoms. The molecule has 2 heterocycles. The number of methoxy groups -OCH3 is 1. The third kappa shape index (κ3) is 2.44. The summed E-state index contributed by atoms with van der Waals surface area (Å²) in [5.41, 5.74) is -0.101. The fourth-order valence-corrected chi connectivity index (χ4v) is 2.81. The maximum absolute atomic E-state index is 12.5. The van der Waals surface area contributed by atoms with Crippen LogP contribution < -0.4 is 16.0 Å². The second-order valence-electron chi connectivity index (χ2n) is 5.49. The van der Waals surface area contributed by atoms with Gasteiger partial charge in [0.25, 0.3) is 0 Å². The first kappa shape index (κ1) is 15.0. The van der Waals surface area contributed by atoms with E-state index in [1.807, 2.05) is 0 Å². The van der Waals surface area contributed by atoms with Gasteiger partial charge in [-0.2, -0.15) is 0 Å². The average Bonchev–Trinajstić information content (AvgIpc) is 2.60. The van der Waals surface area contributed by atoms with Crippen LogP contribution in [0.4, 0.5) is 0 Å². The Morgan fingerprint density at radius 1 is 0.920 bits per heavy atom. The van der Waals surface area contributed by atoms with Crippen LogP contribution in [-0.4, -0.2) is 12.2 Å². The molecule has 25 heavy (non-hydrogen) atoms. The van der Waals surface area contributed by atoms with Crippen molar-refractivity contribution in [3.63, 3.8) is 0 Å². The van der Waals surface area contributed by atoms with E-state index in [-0.39, 0.29) is 22.5 Å². The summed E-state index contributed by atoms with van der Waals surface area (Å²) >= 11 is 0. The normalized spacial score (nSPS) is 11.1. The van der Waals surface area contributed by atoms with E-state index < -0.39 is 11.3 Å². The summed E-state index contributed by atoms with van der Waals surface area (Å²) in [5, 5.41) is 10.8. The van der Waals surface area contributed by atoms with Gasteiger partial charge in [0.05, 0.1) is 18.2 Å². The Labute approximate surface area is 140 Å². The molecule has 0 amide bonds. The molecular weight excluding hydrogens is 324 g/mol. The SMILES string of the molecule is COc1ccc2ccc(=O)oc2c1-c1cc2ccc(O)cc2oc1=O. The fraction of sp³-hybridized carbons (Fsp3) is 0.0526. The van der Waals surface area contributed by atoms with Gasteiger partial charge in [0.15, 0.2) is 0 Å². The van der Waals surface area contributed by atoms with Gasteiger partial charge in [-0.05, 0) is 36.4 Å². The van der Waals surface area contributed by atoms with Crippen molar-refractivity contribution in [3.05, 3.63) is 69.4 Å². The van der Waals surface area contributed by atoms with Gasteiger partial charge in [0, 0.05) is 22.9 Å². The van der Waals surface area contributed by atoms with Crippen LogP contribution in [0.5, 0.6) is 11.5 Å². The quantitative estimate of drug-likeness (QED) is 0.565. The number of ether oxygens (including phenoxy) is 1. The highest BCUT2D eigenvalue weighted by Crippen LogP contribution is 2.36. The van der Waals surface area contributed by atoms with E-state index in [0.717, 1.165) is 0 Å². The second kappa shape index (κ2) is 5.52. The molecule has 0 unspecified atom stereocenters. The van der Waals surface area contributed by atoms with Crippen LogP contribution >= 0.6 is 0 Å². The van der Waals surface area contributed by atoms with Crippen molar-refractivity contribution in [1.82, 2.24) is 0 Å². The van der Waals surface area contributed by atoms with Gasteiger partial charge in [-0.1, -0.05) is 0 Å². The summed E-state index contributed by atoms with van der Waals surface area (Å²) in [4.78, 5) is 24.2. The molecule has 0 spiro atoms. The average molecular weight is 336 g/mol. The first-order valence-electron chi connectivity index (χ1n) is 7.45. The van der Waals surface area contributed by atoms with Crippen LogP contribution in [-0.2, 0) is 0 Å². The van der Waals surface area contributed by atoms with Crippen LogP contribution in [0.25, 0.3) is 33.1 Å². The molecule has 6 heteroatoms. The molecule has 0 saturated carbocycles. The Morgan fingerprint density at radius 2 is 1.68 bits per heavy atom. The fourth-order valence-electron chi connectivity index (χ4n) is 2.81. The second-order valence-corrected chi connectivity index (χ2v) is 5.49. The van der Waals surface area contributed by atoms with Gasteiger partial charge in [-0.3, -0.25) is 0 Å². The van der Waals surface area contributed by atoms with Crippen molar-refractivity contribution in [2.24, 2.45) is 0 Å². The highest BCUT2D eigenvalue weighted by molar-refractivity contribution is 5.97. The zero-order chi connectivity index (χ0) is 17.6. The molecule has 0 saturated heterocycles. The molecule has 0 atom stereocenters. The van der Waals surface area contributed by atoms with Crippen LogP contribution in [0.1, 0.15) is 0 Å². The van der Waals surface area contributed by atoms with Crippen LogP contribution in [0.2, 0.25) is 0 Å². The Hall–Kier alpha value is -3.54. The van der Waals surface area contributed by atoms with E-state index in [1.165, 1.54) is 25.3 Å². The van der Waals surface area contributed by atoms with Crippen molar-refractivity contribution in [2.45, 2.75) is 0 Å². The molecule has 124 valence electrons. The highest BCUT2D eigenvalue weighted by Gasteiger charge is 2.18. The molecule has 0 aliphatic heterocycles. The number of rotatable bonds is 2. The first-order valence-corrected chi connectivity index (χ1v) is 7.45. The lowest BCUT2D eigenvalue weighted by atomic mass is 10.0. The Bertz CT molecular complexity index is 1230. The van der Waals surface area contributed by atoms with E-state index in [1.54, 1.807) is 30.3 Å². The Morgan fingerprint density at radius 3 is 2.48 bits per heavy atom. The molecule has 0 fully saturated rings. The van der Waals surface area contributed by atoms with Gasteiger partial charge in [-0.25, -0.2) is 9.59 Å². The van der Waals surface area contributed by atoms with Crippen molar-refractivity contribution in [2.75, 3.05) is 7.11 Å². The van der Waals surface area contributed by atoms with Crippen molar-refractivity contribution in [1.29, 1.82) is 0 Å². The Balaban J connectivity index is 2.13. The molecular formula is C19H12O6. The molecule has 2 aromatic heterocycles. The minimum atomic E-state index is -0.629. The molecule has 1 N–H and O–H groups in total. The lowest BCUT2D eigenvalue weighted by Crippen LogP contribution is -2.05. The molecule has 0 radical (unpaired) electrons. The largest absolute Gasteiger partial charge is 0.508 e. The zero-order valence-electron chi connectivity index (χ0n) is 13.1. The van der Waals surface area contributed by atoms with E-state index in [2.05, 4.69) is 0 Å². The number of aromatic hydroxyl groups is 1. The van der Waals surface area contributed by atoms with Gasteiger partial charge in [0.1, 0.15) is 22.7 Å². The van der Waals surface area contributed by atoms with E-state index in [0.29, 0.717) is 22.1 Å². The molecule has 4 rings (SSSR count). The zero-order valence-corrected chi connectivity index (χ0v) is 13.1. The maximum Gasteiger partial charge on any atom is 0.344 e. The summed E-state index contributed by atoms with van der Waals surface area (Å²) in [7, 11) is 1.46. The number of phenols is 1. The van der Waals surface area contributed by atoms with Gasteiger partial charge >= 0.3 is 11.3 Å². The summed E-state index contributed by atoms with van der Waals surface area (Å²) in [6.07, 6.45) is 0. The van der Waals surface area contributed by atoms with Gasteiger partial charge in [0.2, 0.25) is 0 Å². The monoisotopic (exact) mass is 336 g/mol. The minimum Gasteiger partial charge on any atom is -0.508 e. The third-order valence-electron chi connectivity index (χ3n) is 3.96. The maximum atomic E-state index is 12.5. The minimum absolute atomic E-state index is 0.00265. The first-order chi connectivity index (χ1) is 12.1. The predicted octanol–water partition coefficient (Wildman–Crippen LogP) is 3.28. The molecule has 4 aromatic rings. The molecule has 0 aliphatic carbocycles. The Kier molecular flexibility index (Phi) is 3.32. The number of hydrogen-bond donors (Lipinski definition) is 1. The lowest BCUT2D eigenvalue weighted by Gasteiger charge is -2.10. The van der Waals surface area contributed by atoms with Gasteiger partial charge < -0.3 is 18.7 Å². The lowest BCUT2D eigenvalue weighted by molar-refractivity contribution is 0.415. The highest BCUT2D eigenvalue weighted by atomic mass is 16.5. The summed E-state index contributed by atoms with van der Waals surface area (Å²) in [5.74, 6) is 0.379. The predicted molar refractivity (Wildman–Crippen MR) is 92.2 cm³/mol. The smallest absolute Gasteiger partial charge is 0.344 e. The molecule has 2 aromatic carbocycles. The van der Waals surface area contributed by atoms with E-state index in [4.69, 9.17) is 13.6 Å². The van der Waals surface area contributed by atoms with Gasteiger partial charge in [-0.15, -0.1) is 0 Å². The number of benzene rings is 2. The standard InChI is InChI=1S/C19H12O6/c1-23-14-6-3-10-4-7-16(21)25-18(10)17(14)13-8-11-2-5-12(20)9-15(11)24-19(13)22/h2-9,20H,1H3. The summed E-state index contributed by atoms with van der Waals surface area (Å²) in [6, 6.07) is 12.5. The number of fused-ring (bicyclic) bond motifs is 2. The van der Waals surface area contributed by atoms with Crippen molar-refractivity contribution < 1.29 is 18.7 Å². The van der Waals surface area contributed by atoms with Crippen molar-refractivity contribution in [3.8, 4) is 22.6 Å². The summed E-state index contributed by atoms with van der Waals surface area (Å²) in [6.45, 7) is 0. The third-order valence-corrected chi connectivity index (χ3v) is 3.96.